The molecule has 0 aliphatic rings. The quantitative estimate of drug-likeness (QED) is 0.753. The zero-order chi connectivity index (χ0) is 15.2. The second-order valence-corrected chi connectivity index (χ2v) is 4.47. The fourth-order valence-electron chi connectivity index (χ4n) is 1.99. The molecule has 1 aromatic carbocycles. The molecule has 0 atom stereocenters. The molecule has 0 aliphatic carbocycles. The highest BCUT2D eigenvalue weighted by atomic mass is 19.4. The predicted octanol–water partition coefficient (Wildman–Crippen LogP) is 3.25. The van der Waals surface area contributed by atoms with E-state index in [9.17, 15) is 18.0 Å². The third kappa shape index (κ3) is 5.21. The number of carbonyl (C=O) groups excluding carboxylic acids is 1. The van der Waals surface area contributed by atoms with E-state index in [0.717, 1.165) is 0 Å². The molecule has 0 bridgehead atoms. The smallest absolute Gasteiger partial charge is 0.401 e. The molecule has 6 heteroatoms. The van der Waals surface area contributed by atoms with Crippen molar-refractivity contribution >= 4 is 5.97 Å². The Morgan fingerprint density at radius 3 is 2.50 bits per heavy atom. The van der Waals surface area contributed by atoms with Gasteiger partial charge in [0.15, 0.2) is 0 Å². The van der Waals surface area contributed by atoms with Gasteiger partial charge in [-0.1, -0.05) is 25.1 Å². The maximum absolute atomic E-state index is 12.5. The van der Waals surface area contributed by atoms with Crippen LogP contribution in [-0.2, 0) is 11.3 Å². The van der Waals surface area contributed by atoms with Gasteiger partial charge < -0.3 is 4.74 Å². The SMILES string of the molecule is CCCN(Cc1ccccc1C(=O)OC)CC(F)(F)F. The number of methoxy groups -OCH3 is 1. The number of benzene rings is 1. The van der Waals surface area contributed by atoms with E-state index in [2.05, 4.69) is 4.74 Å². The monoisotopic (exact) mass is 289 g/mol. The normalized spacial score (nSPS) is 11.7. The lowest BCUT2D eigenvalue weighted by molar-refractivity contribution is -0.147. The number of rotatable bonds is 6. The zero-order valence-electron chi connectivity index (χ0n) is 11.5. The van der Waals surface area contributed by atoms with E-state index in [1.165, 1.54) is 12.0 Å². The molecule has 20 heavy (non-hydrogen) atoms. The summed E-state index contributed by atoms with van der Waals surface area (Å²) in [5.41, 5.74) is 0.843. The van der Waals surface area contributed by atoms with Gasteiger partial charge in [-0.3, -0.25) is 4.90 Å². The van der Waals surface area contributed by atoms with Crippen LogP contribution in [0.5, 0.6) is 0 Å². The van der Waals surface area contributed by atoms with Crippen molar-refractivity contribution in [3.05, 3.63) is 35.4 Å². The molecule has 1 aromatic rings. The topological polar surface area (TPSA) is 29.5 Å². The number of alkyl halides is 3. The van der Waals surface area contributed by atoms with Crippen LogP contribution in [0, 0.1) is 0 Å². The highest BCUT2D eigenvalue weighted by molar-refractivity contribution is 5.90. The number of esters is 1. The Morgan fingerprint density at radius 2 is 1.95 bits per heavy atom. The van der Waals surface area contributed by atoms with Crippen molar-refractivity contribution < 1.29 is 22.7 Å². The Hall–Kier alpha value is -1.56. The van der Waals surface area contributed by atoms with Crippen LogP contribution in [0.2, 0.25) is 0 Å². The second-order valence-electron chi connectivity index (χ2n) is 4.47. The molecule has 0 amide bonds. The lowest BCUT2D eigenvalue weighted by Crippen LogP contribution is -2.34. The van der Waals surface area contributed by atoms with Crippen LogP contribution in [0.15, 0.2) is 24.3 Å². The van der Waals surface area contributed by atoms with Crippen LogP contribution in [0.1, 0.15) is 29.3 Å². The lowest BCUT2D eigenvalue weighted by Gasteiger charge is -2.23. The minimum absolute atomic E-state index is 0.0681. The fourth-order valence-corrected chi connectivity index (χ4v) is 1.99. The van der Waals surface area contributed by atoms with Gasteiger partial charge in [0.05, 0.1) is 19.2 Å². The molecule has 112 valence electrons. The summed E-state index contributed by atoms with van der Waals surface area (Å²) >= 11 is 0. The van der Waals surface area contributed by atoms with Gasteiger partial charge >= 0.3 is 12.1 Å². The predicted molar refractivity (Wildman–Crippen MR) is 69.4 cm³/mol. The summed E-state index contributed by atoms with van der Waals surface area (Å²) in [5.74, 6) is -0.538. The van der Waals surface area contributed by atoms with E-state index in [1.54, 1.807) is 24.3 Å². The van der Waals surface area contributed by atoms with Crippen LogP contribution in [0.25, 0.3) is 0 Å². The van der Waals surface area contributed by atoms with Gasteiger partial charge in [0.2, 0.25) is 0 Å². The minimum atomic E-state index is -4.25. The van der Waals surface area contributed by atoms with Gasteiger partial charge in [-0.2, -0.15) is 13.2 Å². The molecular formula is C14H18F3NO2. The molecule has 3 nitrogen and oxygen atoms in total. The number of hydrogen-bond donors (Lipinski definition) is 0. The number of nitrogens with zero attached hydrogens (tertiary/aromatic N) is 1. The van der Waals surface area contributed by atoms with Gasteiger partial charge in [0.1, 0.15) is 0 Å². The Morgan fingerprint density at radius 1 is 1.30 bits per heavy atom. The zero-order valence-corrected chi connectivity index (χ0v) is 11.5. The van der Waals surface area contributed by atoms with E-state index in [1.807, 2.05) is 6.92 Å². The molecule has 0 spiro atoms. The molecule has 0 saturated carbocycles. The van der Waals surface area contributed by atoms with E-state index in [0.29, 0.717) is 24.1 Å². The number of ether oxygens (including phenoxy) is 1. The highest BCUT2D eigenvalue weighted by Crippen LogP contribution is 2.20. The summed E-state index contributed by atoms with van der Waals surface area (Å²) in [7, 11) is 1.25. The van der Waals surface area contributed by atoms with E-state index in [4.69, 9.17) is 0 Å². The Bertz CT molecular complexity index is 446. The molecule has 0 saturated heterocycles. The summed E-state index contributed by atoms with van der Waals surface area (Å²) in [5, 5.41) is 0. The van der Waals surface area contributed by atoms with Crippen molar-refractivity contribution in [2.45, 2.75) is 26.1 Å². The third-order valence-corrected chi connectivity index (χ3v) is 2.76. The van der Waals surface area contributed by atoms with E-state index in [-0.39, 0.29) is 6.54 Å². The van der Waals surface area contributed by atoms with Crippen LogP contribution < -0.4 is 0 Å². The summed E-state index contributed by atoms with van der Waals surface area (Å²) in [6, 6.07) is 6.55. The van der Waals surface area contributed by atoms with E-state index < -0.39 is 18.7 Å². The third-order valence-electron chi connectivity index (χ3n) is 2.76. The number of halogens is 3. The molecule has 0 fully saturated rings. The first-order valence-corrected chi connectivity index (χ1v) is 6.32. The molecule has 0 aromatic heterocycles. The first-order chi connectivity index (χ1) is 9.37. The van der Waals surface area contributed by atoms with E-state index >= 15 is 0 Å². The Balaban J connectivity index is 2.90. The molecule has 0 radical (unpaired) electrons. The number of hydrogen-bond acceptors (Lipinski definition) is 3. The average Bonchev–Trinajstić information content (AvgIpc) is 2.37. The van der Waals surface area contributed by atoms with Crippen LogP contribution in [0.3, 0.4) is 0 Å². The summed E-state index contributed by atoms with van der Waals surface area (Å²) in [6.45, 7) is 1.21. The minimum Gasteiger partial charge on any atom is -0.465 e. The second kappa shape index (κ2) is 7.28. The van der Waals surface area contributed by atoms with Crippen molar-refractivity contribution in [1.29, 1.82) is 0 Å². The molecule has 1 rings (SSSR count). The molecule has 0 aliphatic heterocycles. The average molecular weight is 289 g/mol. The van der Waals surface area contributed by atoms with Gasteiger partial charge in [-0.05, 0) is 24.6 Å². The Kier molecular flexibility index (Phi) is 6.01. The van der Waals surface area contributed by atoms with Gasteiger partial charge in [0, 0.05) is 6.54 Å². The summed E-state index contributed by atoms with van der Waals surface area (Å²) in [4.78, 5) is 12.9. The van der Waals surface area contributed by atoms with Gasteiger partial charge in [0.25, 0.3) is 0 Å². The van der Waals surface area contributed by atoms with Gasteiger partial charge in [-0.15, -0.1) is 0 Å². The number of carbonyl (C=O) groups is 1. The fraction of sp³-hybridized carbons (Fsp3) is 0.500. The van der Waals surface area contributed by atoms with Crippen molar-refractivity contribution in [2.75, 3.05) is 20.2 Å². The summed E-state index contributed by atoms with van der Waals surface area (Å²) < 4.78 is 42.2. The standard InChI is InChI=1S/C14H18F3NO2/c1-3-8-18(10-14(15,16)17)9-11-6-4-5-7-12(11)13(19)20-2/h4-7H,3,8-10H2,1-2H3. The largest absolute Gasteiger partial charge is 0.465 e. The molecule has 0 unspecified atom stereocenters. The maximum atomic E-state index is 12.5. The van der Waals surface area contributed by atoms with Gasteiger partial charge in [-0.25, -0.2) is 4.79 Å². The summed E-state index contributed by atoms with van der Waals surface area (Å²) in [6.07, 6.45) is -3.65. The van der Waals surface area contributed by atoms with Crippen LogP contribution in [0.4, 0.5) is 13.2 Å². The van der Waals surface area contributed by atoms with Crippen molar-refractivity contribution in [1.82, 2.24) is 4.90 Å². The van der Waals surface area contributed by atoms with Crippen molar-refractivity contribution in [3.63, 3.8) is 0 Å². The molecule has 0 heterocycles. The Labute approximate surface area is 116 Å². The van der Waals surface area contributed by atoms with Crippen molar-refractivity contribution in [2.24, 2.45) is 0 Å². The lowest BCUT2D eigenvalue weighted by atomic mass is 10.1. The first-order valence-electron chi connectivity index (χ1n) is 6.32. The van der Waals surface area contributed by atoms with Crippen LogP contribution >= 0.6 is 0 Å². The van der Waals surface area contributed by atoms with Crippen molar-refractivity contribution in [3.8, 4) is 0 Å². The highest BCUT2D eigenvalue weighted by Gasteiger charge is 2.30. The molecule has 0 N–H and O–H groups in total. The maximum Gasteiger partial charge on any atom is 0.401 e. The molecular weight excluding hydrogens is 271 g/mol. The van der Waals surface area contributed by atoms with Crippen LogP contribution in [-0.4, -0.2) is 37.2 Å². The first kappa shape index (κ1) is 16.5.